The van der Waals surface area contributed by atoms with E-state index in [1.165, 1.54) is 4.90 Å². The van der Waals surface area contributed by atoms with Crippen LogP contribution in [0.1, 0.15) is 6.92 Å². The van der Waals surface area contributed by atoms with E-state index in [9.17, 15) is 4.79 Å². The fourth-order valence-corrected chi connectivity index (χ4v) is 1.46. The van der Waals surface area contributed by atoms with Crippen molar-refractivity contribution in [3.05, 3.63) is 24.3 Å². The van der Waals surface area contributed by atoms with Gasteiger partial charge in [-0.25, -0.2) is 0 Å². The number of ether oxygens (including phenoxy) is 1. The second-order valence-corrected chi connectivity index (χ2v) is 4.19. The van der Waals surface area contributed by atoms with Crippen LogP contribution in [0.25, 0.3) is 0 Å². The van der Waals surface area contributed by atoms with Gasteiger partial charge in [0.05, 0.1) is 18.0 Å². The molecule has 0 bridgehead atoms. The van der Waals surface area contributed by atoms with E-state index in [0.717, 1.165) is 5.69 Å². The molecule has 1 amide bonds. The molecule has 1 atom stereocenters. The van der Waals surface area contributed by atoms with E-state index >= 15 is 0 Å². The molecule has 0 spiro atoms. The topological polar surface area (TPSA) is 55.6 Å². The van der Waals surface area contributed by atoms with Crippen molar-refractivity contribution in [2.75, 3.05) is 19.1 Å². The van der Waals surface area contributed by atoms with Gasteiger partial charge in [0.25, 0.3) is 0 Å². The van der Waals surface area contributed by atoms with Crippen molar-refractivity contribution in [3.63, 3.8) is 0 Å². The van der Waals surface area contributed by atoms with Crippen LogP contribution in [0.4, 0.5) is 5.69 Å². The van der Waals surface area contributed by atoms with Crippen LogP contribution in [-0.2, 0) is 4.79 Å². The molecule has 0 heterocycles. The number of hydrogen-bond acceptors (Lipinski definition) is 3. The highest BCUT2D eigenvalue weighted by atomic mass is 32.1. The lowest BCUT2D eigenvalue weighted by atomic mass is 10.1. The Kier molecular flexibility index (Phi) is 4.45. The average molecular weight is 252 g/mol. The standard InChI is InChI=1S/C12H16N2O2S/c1-8(11(13)17)12(15)14(2)9-5-4-6-10(7-9)16-3/h4-8H,1-3H3,(H2,13,17). The molecule has 0 radical (unpaired) electrons. The Morgan fingerprint density at radius 1 is 1.53 bits per heavy atom. The largest absolute Gasteiger partial charge is 0.497 e. The monoisotopic (exact) mass is 252 g/mol. The van der Waals surface area contributed by atoms with Crippen LogP contribution in [0, 0.1) is 5.92 Å². The molecule has 0 fully saturated rings. The zero-order chi connectivity index (χ0) is 13.0. The number of anilines is 1. The number of carbonyl (C=O) groups excluding carboxylic acids is 1. The molecule has 2 N–H and O–H groups in total. The normalized spacial score (nSPS) is 11.7. The first-order valence-corrected chi connectivity index (χ1v) is 5.59. The molecule has 0 saturated carbocycles. The summed E-state index contributed by atoms with van der Waals surface area (Å²) in [6, 6.07) is 7.25. The van der Waals surface area contributed by atoms with E-state index in [1.54, 1.807) is 27.1 Å². The first-order chi connectivity index (χ1) is 7.97. The van der Waals surface area contributed by atoms with E-state index in [1.807, 2.05) is 18.2 Å². The third kappa shape index (κ3) is 3.17. The maximum Gasteiger partial charge on any atom is 0.236 e. The minimum Gasteiger partial charge on any atom is -0.497 e. The van der Waals surface area contributed by atoms with Crippen LogP contribution < -0.4 is 15.4 Å². The average Bonchev–Trinajstić information content (AvgIpc) is 2.36. The van der Waals surface area contributed by atoms with Gasteiger partial charge in [-0.2, -0.15) is 0 Å². The Morgan fingerprint density at radius 2 is 2.18 bits per heavy atom. The van der Waals surface area contributed by atoms with Crippen LogP contribution in [0.2, 0.25) is 0 Å². The smallest absolute Gasteiger partial charge is 0.236 e. The summed E-state index contributed by atoms with van der Waals surface area (Å²) >= 11 is 4.82. The summed E-state index contributed by atoms with van der Waals surface area (Å²) in [6.07, 6.45) is 0. The number of amides is 1. The Bertz CT molecular complexity index is 434. The summed E-state index contributed by atoms with van der Waals surface area (Å²) in [7, 11) is 3.27. The molecule has 1 aromatic carbocycles. The van der Waals surface area contributed by atoms with Crippen molar-refractivity contribution < 1.29 is 9.53 Å². The predicted octanol–water partition coefficient (Wildman–Crippen LogP) is 1.58. The lowest BCUT2D eigenvalue weighted by Crippen LogP contribution is -2.37. The third-order valence-corrected chi connectivity index (χ3v) is 2.92. The van der Waals surface area contributed by atoms with Crippen molar-refractivity contribution in [1.29, 1.82) is 0 Å². The highest BCUT2D eigenvalue weighted by Gasteiger charge is 2.20. The lowest BCUT2D eigenvalue weighted by Gasteiger charge is -2.21. The van der Waals surface area contributed by atoms with Crippen molar-refractivity contribution in [2.45, 2.75) is 6.92 Å². The minimum absolute atomic E-state index is 0.134. The zero-order valence-corrected chi connectivity index (χ0v) is 11.0. The van der Waals surface area contributed by atoms with Gasteiger partial charge in [-0.15, -0.1) is 0 Å². The molecule has 17 heavy (non-hydrogen) atoms. The quantitative estimate of drug-likeness (QED) is 0.827. The maximum atomic E-state index is 12.0. The number of hydrogen-bond donors (Lipinski definition) is 1. The molecule has 0 aliphatic rings. The summed E-state index contributed by atoms with van der Waals surface area (Å²) < 4.78 is 5.10. The zero-order valence-electron chi connectivity index (χ0n) is 10.1. The van der Waals surface area contributed by atoms with Crippen LogP contribution in [0.5, 0.6) is 5.75 Å². The Balaban J connectivity index is 2.92. The molecule has 0 aliphatic heterocycles. The molecular formula is C12H16N2O2S. The van der Waals surface area contributed by atoms with Gasteiger partial charge in [0, 0.05) is 18.8 Å². The third-order valence-electron chi connectivity index (χ3n) is 2.57. The molecule has 0 saturated heterocycles. The molecule has 92 valence electrons. The fourth-order valence-electron chi connectivity index (χ4n) is 1.36. The van der Waals surface area contributed by atoms with Crippen LogP contribution in [0.3, 0.4) is 0 Å². The van der Waals surface area contributed by atoms with Gasteiger partial charge in [-0.05, 0) is 19.1 Å². The molecule has 1 rings (SSSR count). The first kappa shape index (κ1) is 13.4. The minimum atomic E-state index is -0.471. The van der Waals surface area contributed by atoms with Gasteiger partial charge >= 0.3 is 0 Å². The summed E-state index contributed by atoms with van der Waals surface area (Å²) in [6.45, 7) is 1.70. The van der Waals surface area contributed by atoms with Crippen LogP contribution in [0.15, 0.2) is 24.3 Å². The number of thiocarbonyl (C=S) groups is 1. The van der Waals surface area contributed by atoms with Gasteiger partial charge in [-0.1, -0.05) is 18.3 Å². The Hall–Kier alpha value is -1.62. The van der Waals surface area contributed by atoms with E-state index < -0.39 is 5.92 Å². The molecule has 1 aromatic rings. The number of methoxy groups -OCH3 is 1. The van der Waals surface area contributed by atoms with Gasteiger partial charge in [0.2, 0.25) is 5.91 Å². The molecule has 4 nitrogen and oxygen atoms in total. The number of rotatable bonds is 4. The Morgan fingerprint density at radius 3 is 2.71 bits per heavy atom. The SMILES string of the molecule is COc1cccc(N(C)C(=O)C(C)C(N)=S)c1. The molecule has 0 aliphatic carbocycles. The van der Waals surface area contributed by atoms with Gasteiger partial charge in [0.15, 0.2) is 0 Å². The van der Waals surface area contributed by atoms with E-state index in [2.05, 4.69) is 0 Å². The number of nitrogens with zero attached hydrogens (tertiary/aromatic N) is 1. The highest BCUT2D eigenvalue weighted by molar-refractivity contribution is 7.80. The van der Waals surface area contributed by atoms with E-state index in [4.69, 9.17) is 22.7 Å². The summed E-state index contributed by atoms with van der Waals surface area (Å²) in [5, 5.41) is 0. The summed E-state index contributed by atoms with van der Waals surface area (Å²) in [5.41, 5.74) is 6.22. The molecule has 1 unspecified atom stereocenters. The number of benzene rings is 1. The molecule has 5 heteroatoms. The van der Waals surface area contributed by atoms with E-state index in [0.29, 0.717) is 5.75 Å². The van der Waals surface area contributed by atoms with Crippen LogP contribution >= 0.6 is 12.2 Å². The molecule has 0 aromatic heterocycles. The fraction of sp³-hybridized carbons (Fsp3) is 0.333. The van der Waals surface area contributed by atoms with Crippen molar-refractivity contribution in [3.8, 4) is 5.75 Å². The number of nitrogens with two attached hydrogens (primary N) is 1. The molecular weight excluding hydrogens is 236 g/mol. The summed E-state index contributed by atoms with van der Waals surface area (Å²) in [4.78, 5) is 13.7. The van der Waals surface area contributed by atoms with Crippen molar-refractivity contribution in [2.24, 2.45) is 11.7 Å². The Labute approximate surface area is 106 Å². The maximum absolute atomic E-state index is 12.0. The second-order valence-electron chi connectivity index (χ2n) is 3.72. The second kappa shape index (κ2) is 5.63. The van der Waals surface area contributed by atoms with Crippen molar-refractivity contribution >= 4 is 28.8 Å². The van der Waals surface area contributed by atoms with Gasteiger partial charge in [-0.3, -0.25) is 4.79 Å². The number of carbonyl (C=O) groups is 1. The van der Waals surface area contributed by atoms with E-state index in [-0.39, 0.29) is 10.9 Å². The highest BCUT2D eigenvalue weighted by Crippen LogP contribution is 2.21. The van der Waals surface area contributed by atoms with Crippen molar-refractivity contribution in [1.82, 2.24) is 0 Å². The van der Waals surface area contributed by atoms with Crippen LogP contribution in [-0.4, -0.2) is 25.1 Å². The lowest BCUT2D eigenvalue weighted by molar-refractivity contribution is -0.119. The predicted molar refractivity (Wildman–Crippen MR) is 72.4 cm³/mol. The van der Waals surface area contributed by atoms with Gasteiger partial charge < -0.3 is 15.4 Å². The first-order valence-electron chi connectivity index (χ1n) is 5.18. The van der Waals surface area contributed by atoms with Gasteiger partial charge in [0.1, 0.15) is 5.75 Å². The summed E-state index contributed by atoms with van der Waals surface area (Å²) in [5.74, 6) is 0.0945.